The summed E-state index contributed by atoms with van der Waals surface area (Å²) in [6.07, 6.45) is 0. The molecule has 0 saturated heterocycles. The highest BCUT2D eigenvalue weighted by Crippen LogP contribution is 2.34. The van der Waals surface area contributed by atoms with Crippen LogP contribution in [0.5, 0.6) is 0 Å². The topological polar surface area (TPSA) is 110 Å². The molecule has 2 N–H and O–H groups in total. The highest BCUT2D eigenvalue weighted by Gasteiger charge is 2.20. The zero-order chi connectivity index (χ0) is 17.1. The lowest BCUT2D eigenvalue weighted by atomic mass is 10.1. The van der Waals surface area contributed by atoms with Crippen LogP contribution in [0.1, 0.15) is 20.7 Å². The summed E-state index contributed by atoms with van der Waals surface area (Å²) in [5.41, 5.74) is -0.632. The minimum absolute atomic E-state index is 0.0347. The van der Waals surface area contributed by atoms with Gasteiger partial charge in [-0.05, 0) is 18.2 Å². The highest BCUT2D eigenvalue weighted by atomic mass is 35.5. The second kappa shape index (κ2) is 6.64. The normalized spacial score (nSPS) is 10.2. The number of carboxylic acid groups (broad SMARTS) is 1. The van der Waals surface area contributed by atoms with Gasteiger partial charge < -0.3 is 10.4 Å². The molecule has 0 aliphatic heterocycles. The minimum atomic E-state index is -1.26. The van der Waals surface area contributed by atoms with Crippen LogP contribution in [0, 0.1) is 10.1 Å². The van der Waals surface area contributed by atoms with Crippen LogP contribution >= 0.6 is 23.2 Å². The monoisotopic (exact) mass is 354 g/mol. The number of amides is 1. The summed E-state index contributed by atoms with van der Waals surface area (Å²) < 4.78 is 0. The summed E-state index contributed by atoms with van der Waals surface area (Å²) in [6.45, 7) is 0. The van der Waals surface area contributed by atoms with Gasteiger partial charge in [0, 0.05) is 6.07 Å². The van der Waals surface area contributed by atoms with Gasteiger partial charge in [0.1, 0.15) is 5.02 Å². The van der Waals surface area contributed by atoms with E-state index in [1.54, 1.807) is 0 Å². The Balaban J connectivity index is 2.37. The smallest absolute Gasteiger partial charge is 0.336 e. The van der Waals surface area contributed by atoms with Crippen LogP contribution in [0.15, 0.2) is 36.4 Å². The van der Waals surface area contributed by atoms with Gasteiger partial charge in [0.05, 0.1) is 26.8 Å². The Kier molecular flexibility index (Phi) is 4.83. The SMILES string of the molecule is O=C(O)c1ccccc1C(=O)Nc1cc(Cl)c([N+](=O)[O-])cc1Cl. The number of carbonyl (C=O) groups excluding carboxylic acids is 1. The maximum Gasteiger partial charge on any atom is 0.336 e. The molecule has 0 aromatic heterocycles. The van der Waals surface area contributed by atoms with Crippen LogP contribution < -0.4 is 5.32 Å². The van der Waals surface area contributed by atoms with Crippen molar-refractivity contribution >= 4 is 46.5 Å². The molecular formula is C14H8Cl2N2O5. The first-order chi connectivity index (χ1) is 10.8. The maximum absolute atomic E-state index is 12.2. The molecule has 0 aliphatic carbocycles. The molecule has 7 nitrogen and oxygen atoms in total. The molecule has 2 rings (SSSR count). The lowest BCUT2D eigenvalue weighted by Gasteiger charge is -2.09. The average Bonchev–Trinajstić information content (AvgIpc) is 2.50. The van der Waals surface area contributed by atoms with Crippen LogP contribution in [0.3, 0.4) is 0 Å². The molecule has 0 unspecified atom stereocenters. The fourth-order valence-corrected chi connectivity index (χ4v) is 2.27. The van der Waals surface area contributed by atoms with Crippen molar-refractivity contribution < 1.29 is 19.6 Å². The van der Waals surface area contributed by atoms with Crippen molar-refractivity contribution in [1.82, 2.24) is 0 Å². The van der Waals surface area contributed by atoms with E-state index in [0.717, 1.165) is 12.1 Å². The number of aromatic carboxylic acids is 1. The van der Waals surface area contributed by atoms with E-state index >= 15 is 0 Å². The highest BCUT2D eigenvalue weighted by molar-refractivity contribution is 6.37. The molecule has 0 fully saturated rings. The Morgan fingerprint density at radius 1 is 1.09 bits per heavy atom. The van der Waals surface area contributed by atoms with Crippen molar-refractivity contribution in [2.24, 2.45) is 0 Å². The number of nitrogens with zero attached hydrogens (tertiary/aromatic N) is 1. The summed E-state index contributed by atoms with van der Waals surface area (Å²) in [5, 5.41) is 21.9. The van der Waals surface area contributed by atoms with Gasteiger partial charge in [0.25, 0.3) is 11.6 Å². The summed E-state index contributed by atoms with van der Waals surface area (Å²) in [6, 6.07) is 7.73. The van der Waals surface area contributed by atoms with Crippen LogP contribution in [-0.4, -0.2) is 21.9 Å². The van der Waals surface area contributed by atoms with Crippen LogP contribution in [-0.2, 0) is 0 Å². The van der Waals surface area contributed by atoms with E-state index in [2.05, 4.69) is 5.32 Å². The van der Waals surface area contributed by atoms with E-state index in [-0.39, 0.29) is 26.9 Å². The lowest BCUT2D eigenvalue weighted by molar-refractivity contribution is -0.384. The molecule has 0 atom stereocenters. The number of nitrogens with one attached hydrogen (secondary N) is 1. The van der Waals surface area contributed by atoms with Gasteiger partial charge in [-0.3, -0.25) is 14.9 Å². The largest absolute Gasteiger partial charge is 0.478 e. The van der Waals surface area contributed by atoms with E-state index in [1.807, 2.05) is 0 Å². The first-order valence-corrected chi connectivity index (χ1v) is 6.84. The Morgan fingerprint density at radius 3 is 2.26 bits per heavy atom. The molecule has 1 amide bonds. The predicted octanol–water partition coefficient (Wildman–Crippen LogP) is 3.85. The molecule has 0 heterocycles. The first-order valence-electron chi connectivity index (χ1n) is 6.08. The van der Waals surface area contributed by atoms with Crippen molar-refractivity contribution in [1.29, 1.82) is 0 Å². The number of halogens is 2. The lowest BCUT2D eigenvalue weighted by Crippen LogP contribution is -2.16. The molecule has 9 heteroatoms. The summed E-state index contributed by atoms with van der Waals surface area (Å²) in [5.74, 6) is -1.99. The third kappa shape index (κ3) is 3.58. The number of carbonyl (C=O) groups is 2. The van der Waals surface area contributed by atoms with Gasteiger partial charge in [-0.15, -0.1) is 0 Å². The zero-order valence-corrected chi connectivity index (χ0v) is 12.8. The number of rotatable bonds is 4. The molecule has 0 saturated carbocycles. The fourth-order valence-electron chi connectivity index (χ4n) is 1.83. The maximum atomic E-state index is 12.2. The summed E-state index contributed by atoms with van der Waals surface area (Å²) in [4.78, 5) is 33.4. The summed E-state index contributed by atoms with van der Waals surface area (Å²) >= 11 is 11.6. The standard InChI is InChI=1S/C14H8Cl2N2O5/c15-9-6-12(18(22)23)10(16)5-11(9)17-13(19)7-3-1-2-4-8(7)14(20)21/h1-6H,(H,17,19)(H,20,21). The number of anilines is 1. The quantitative estimate of drug-likeness (QED) is 0.639. The molecule has 2 aromatic rings. The number of nitro groups is 1. The molecule has 0 spiro atoms. The van der Waals surface area contributed by atoms with Gasteiger partial charge >= 0.3 is 5.97 Å². The van der Waals surface area contributed by atoms with Crippen molar-refractivity contribution in [3.63, 3.8) is 0 Å². The second-order valence-corrected chi connectivity index (χ2v) is 5.16. The van der Waals surface area contributed by atoms with E-state index in [4.69, 9.17) is 28.3 Å². The molecule has 0 aliphatic rings. The predicted molar refractivity (Wildman–Crippen MR) is 84.5 cm³/mol. The molecule has 23 heavy (non-hydrogen) atoms. The number of carboxylic acids is 1. The fraction of sp³-hybridized carbons (Fsp3) is 0. The Morgan fingerprint density at radius 2 is 1.70 bits per heavy atom. The second-order valence-electron chi connectivity index (χ2n) is 4.35. The van der Waals surface area contributed by atoms with E-state index in [1.165, 1.54) is 24.3 Å². The minimum Gasteiger partial charge on any atom is -0.478 e. The van der Waals surface area contributed by atoms with Gasteiger partial charge in [-0.2, -0.15) is 0 Å². The number of nitro benzene ring substituents is 1. The molecule has 118 valence electrons. The molecule has 2 aromatic carbocycles. The van der Waals surface area contributed by atoms with Gasteiger partial charge in [0.15, 0.2) is 0 Å². The first kappa shape index (κ1) is 16.7. The van der Waals surface area contributed by atoms with Gasteiger partial charge in [-0.1, -0.05) is 35.3 Å². The van der Waals surface area contributed by atoms with Gasteiger partial charge in [0.2, 0.25) is 0 Å². The van der Waals surface area contributed by atoms with Crippen LogP contribution in [0.2, 0.25) is 10.0 Å². The number of benzene rings is 2. The van der Waals surface area contributed by atoms with Crippen molar-refractivity contribution in [2.75, 3.05) is 5.32 Å². The molecule has 0 radical (unpaired) electrons. The van der Waals surface area contributed by atoms with Crippen molar-refractivity contribution in [3.05, 3.63) is 67.7 Å². The average molecular weight is 355 g/mol. The van der Waals surface area contributed by atoms with E-state index in [9.17, 15) is 19.7 Å². The van der Waals surface area contributed by atoms with E-state index in [0.29, 0.717) is 0 Å². The molecular weight excluding hydrogens is 347 g/mol. The Bertz CT molecular complexity index is 823. The number of hydrogen-bond acceptors (Lipinski definition) is 4. The van der Waals surface area contributed by atoms with Crippen molar-refractivity contribution in [2.45, 2.75) is 0 Å². The zero-order valence-electron chi connectivity index (χ0n) is 11.2. The van der Waals surface area contributed by atoms with Gasteiger partial charge in [-0.25, -0.2) is 4.79 Å². The third-order valence-electron chi connectivity index (χ3n) is 2.88. The van der Waals surface area contributed by atoms with Crippen LogP contribution in [0.25, 0.3) is 0 Å². The number of hydrogen-bond donors (Lipinski definition) is 2. The third-order valence-corrected chi connectivity index (χ3v) is 3.50. The summed E-state index contributed by atoms with van der Waals surface area (Å²) in [7, 11) is 0. The molecule has 0 bridgehead atoms. The van der Waals surface area contributed by atoms with E-state index < -0.39 is 22.5 Å². The Hall–Kier alpha value is -2.64. The Labute approximate surface area is 139 Å². The van der Waals surface area contributed by atoms with Crippen molar-refractivity contribution in [3.8, 4) is 0 Å². The van der Waals surface area contributed by atoms with Crippen LogP contribution in [0.4, 0.5) is 11.4 Å².